The molecular formula is C15H24N2O3. The molecule has 1 aromatic heterocycles. The summed E-state index contributed by atoms with van der Waals surface area (Å²) in [5.74, 6) is 1.58. The summed E-state index contributed by atoms with van der Waals surface area (Å²) in [5, 5.41) is 15.3. The van der Waals surface area contributed by atoms with E-state index in [1.54, 1.807) is 0 Å². The van der Waals surface area contributed by atoms with Gasteiger partial charge in [0.15, 0.2) is 0 Å². The van der Waals surface area contributed by atoms with Gasteiger partial charge in [-0.05, 0) is 38.8 Å². The number of aliphatic hydroxyl groups excluding tert-OH is 1. The lowest BCUT2D eigenvalue weighted by atomic mass is 9.86. The first kappa shape index (κ1) is 14.9. The van der Waals surface area contributed by atoms with Crippen LogP contribution >= 0.6 is 0 Å². The highest BCUT2D eigenvalue weighted by Crippen LogP contribution is 2.37. The van der Waals surface area contributed by atoms with E-state index < -0.39 is 0 Å². The Morgan fingerprint density at radius 2 is 2.35 bits per heavy atom. The van der Waals surface area contributed by atoms with E-state index in [1.165, 1.54) is 0 Å². The van der Waals surface area contributed by atoms with Crippen LogP contribution in [0.5, 0.6) is 0 Å². The Balaban J connectivity index is 1.89. The van der Waals surface area contributed by atoms with E-state index in [-0.39, 0.29) is 30.1 Å². The van der Waals surface area contributed by atoms with Gasteiger partial charge in [-0.2, -0.15) is 0 Å². The maximum absolute atomic E-state index is 12.0. The maximum Gasteiger partial charge on any atom is 0.315 e. The van der Waals surface area contributed by atoms with E-state index in [0.29, 0.717) is 0 Å². The summed E-state index contributed by atoms with van der Waals surface area (Å²) in [6.45, 7) is 5.88. The number of nitrogens with one attached hydrogen (secondary N) is 2. The van der Waals surface area contributed by atoms with Gasteiger partial charge >= 0.3 is 6.03 Å². The molecule has 1 aliphatic rings. The smallest absolute Gasteiger partial charge is 0.315 e. The summed E-state index contributed by atoms with van der Waals surface area (Å²) < 4.78 is 5.50. The molecule has 112 valence electrons. The lowest BCUT2D eigenvalue weighted by molar-refractivity contribution is 0.120. The lowest BCUT2D eigenvalue weighted by Gasteiger charge is -2.30. The molecule has 0 aromatic carbocycles. The van der Waals surface area contributed by atoms with Crippen molar-refractivity contribution in [2.75, 3.05) is 6.61 Å². The fraction of sp³-hybridized carbons (Fsp3) is 0.667. The highest BCUT2D eigenvalue weighted by Gasteiger charge is 2.39. The molecule has 5 heteroatoms. The number of rotatable bonds is 4. The van der Waals surface area contributed by atoms with Crippen LogP contribution in [0.3, 0.4) is 0 Å². The molecule has 3 N–H and O–H groups in total. The van der Waals surface area contributed by atoms with E-state index in [2.05, 4.69) is 10.6 Å². The third-order valence-electron chi connectivity index (χ3n) is 4.28. The largest absolute Gasteiger partial charge is 0.464 e. The van der Waals surface area contributed by atoms with Gasteiger partial charge in [-0.15, -0.1) is 0 Å². The van der Waals surface area contributed by atoms with Crippen LogP contribution in [0.25, 0.3) is 0 Å². The summed E-state index contributed by atoms with van der Waals surface area (Å²) in [4.78, 5) is 12.0. The molecule has 1 fully saturated rings. The Morgan fingerprint density at radius 3 is 2.95 bits per heavy atom. The van der Waals surface area contributed by atoms with Crippen molar-refractivity contribution in [2.24, 2.45) is 5.41 Å². The first-order chi connectivity index (χ1) is 9.44. The maximum atomic E-state index is 12.0. The van der Waals surface area contributed by atoms with E-state index >= 15 is 0 Å². The van der Waals surface area contributed by atoms with Gasteiger partial charge in [-0.25, -0.2) is 4.79 Å². The number of carbonyl (C=O) groups excluding carboxylic acids is 1. The monoisotopic (exact) mass is 280 g/mol. The second-order valence-corrected chi connectivity index (χ2v) is 6.04. The van der Waals surface area contributed by atoms with Crippen LogP contribution in [0.15, 0.2) is 16.5 Å². The zero-order valence-corrected chi connectivity index (χ0v) is 12.4. The van der Waals surface area contributed by atoms with Gasteiger partial charge in [0.1, 0.15) is 11.5 Å². The fourth-order valence-electron chi connectivity index (χ4n) is 2.82. The third kappa shape index (κ3) is 3.15. The molecule has 1 saturated carbocycles. The number of aliphatic hydroxyl groups is 1. The molecule has 0 saturated heterocycles. The van der Waals surface area contributed by atoms with Gasteiger partial charge in [0.05, 0.1) is 12.6 Å². The number of aryl methyl sites for hydroxylation is 1. The van der Waals surface area contributed by atoms with Crippen molar-refractivity contribution in [1.82, 2.24) is 10.6 Å². The standard InChI is InChI=1S/C15H24N2O3/c1-10-6-7-12(20-10)11(2)16-14(19)17-13-5-4-8-15(13,3)9-18/h6-7,11,13,18H,4-5,8-9H2,1-3H3,(H2,16,17,19). The molecule has 2 amide bonds. The minimum absolute atomic E-state index is 0.0260. The Labute approximate surface area is 119 Å². The summed E-state index contributed by atoms with van der Waals surface area (Å²) in [6.07, 6.45) is 2.90. The zero-order valence-electron chi connectivity index (χ0n) is 12.4. The molecule has 20 heavy (non-hydrogen) atoms. The zero-order chi connectivity index (χ0) is 14.8. The van der Waals surface area contributed by atoms with Gasteiger partial charge in [0.2, 0.25) is 0 Å². The van der Waals surface area contributed by atoms with E-state index in [9.17, 15) is 9.90 Å². The van der Waals surface area contributed by atoms with Crippen molar-refractivity contribution >= 4 is 6.03 Å². The van der Waals surface area contributed by atoms with Crippen LogP contribution in [0, 0.1) is 12.3 Å². The van der Waals surface area contributed by atoms with Crippen molar-refractivity contribution in [1.29, 1.82) is 0 Å². The van der Waals surface area contributed by atoms with Crippen molar-refractivity contribution < 1.29 is 14.3 Å². The predicted molar refractivity (Wildman–Crippen MR) is 76.4 cm³/mol. The van der Waals surface area contributed by atoms with Gasteiger partial charge < -0.3 is 20.2 Å². The first-order valence-corrected chi connectivity index (χ1v) is 7.19. The first-order valence-electron chi connectivity index (χ1n) is 7.19. The van der Waals surface area contributed by atoms with Gasteiger partial charge in [-0.3, -0.25) is 0 Å². The van der Waals surface area contributed by atoms with Crippen LogP contribution in [0.4, 0.5) is 4.79 Å². The second-order valence-electron chi connectivity index (χ2n) is 6.04. The number of urea groups is 1. The predicted octanol–water partition coefficient (Wildman–Crippen LogP) is 2.50. The lowest BCUT2D eigenvalue weighted by Crippen LogP contribution is -2.49. The normalized spacial score (nSPS) is 27.3. The van der Waals surface area contributed by atoms with Crippen LogP contribution in [0.2, 0.25) is 0 Å². The molecule has 1 aromatic rings. The molecule has 0 spiro atoms. The van der Waals surface area contributed by atoms with Crippen molar-refractivity contribution in [3.05, 3.63) is 23.7 Å². The average Bonchev–Trinajstić information content (AvgIpc) is 2.97. The Morgan fingerprint density at radius 1 is 1.60 bits per heavy atom. The van der Waals surface area contributed by atoms with E-state index in [1.807, 2.05) is 32.9 Å². The summed E-state index contributed by atoms with van der Waals surface area (Å²) in [5.41, 5.74) is -0.206. The van der Waals surface area contributed by atoms with Crippen LogP contribution in [-0.2, 0) is 0 Å². The topological polar surface area (TPSA) is 74.5 Å². The Hall–Kier alpha value is -1.49. The average molecular weight is 280 g/mol. The highest BCUT2D eigenvalue weighted by molar-refractivity contribution is 5.74. The van der Waals surface area contributed by atoms with Crippen LogP contribution < -0.4 is 10.6 Å². The van der Waals surface area contributed by atoms with Crippen LogP contribution in [-0.4, -0.2) is 23.8 Å². The van der Waals surface area contributed by atoms with E-state index in [0.717, 1.165) is 30.8 Å². The fourth-order valence-corrected chi connectivity index (χ4v) is 2.82. The SMILES string of the molecule is Cc1ccc(C(C)NC(=O)NC2CCCC2(C)CO)o1. The molecule has 5 nitrogen and oxygen atoms in total. The summed E-state index contributed by atoms with van der Waals surface area (Å²) in [7, 11) is 0. The Kier molecular flexibility index (Phi) is 4.38. The quantitative estimate of drug-likeness (QED) is 0.793. The van der Waals surface area contributed by atoms with Crippen molar-refractivity contribution in [2.45, 2.75) is 52.1 Å². The number of hydrogen-bond donors (Lipinski definition) is 3. The molecule has 1 heterocycles. The number of amides is 2. The minimum Gasteiger partial charge on any atom is -0.464 e. The minimum atomic E-state index is -0.210. The molecule has 3 unspecified atom stereocenters. The van der Waals surface area contributed by atoms with Crippen molar-refractivity contribution in [3.8, 4) is 0 Å². The number of hydrogen-bond acceptors (Lipinski definition) is 3. The number of furan rings is 1. The van der Waals surface area contributed by atoms with Gasteiger partial charge in [0.25, 0.3) is 0 Å². The van der Waals surface area contributed by atoms with Gasteiger partial charge in [-0.1, -0.05) is 13.3 Å². The summed E-state index contributed by atoms with van der Waals surface area (Å²) in [6, 6.07) is 3.39. The van der Waals surface area contributed by atoms with Gasteiger partial charge in [0, 0.05) is 11.5 Å². The molecular weight excluding hydrogens is 256 g/mol. The Bertz CT molecular complexity index is 471. The molecule has 0 radical (unpaired) electrons. The molecule has 1 aliphatic carbocycles. The highest BCUT2D eigenvalue weighted by atomic mass is 16.3. The van der Waals surface area contributed by atoms with Crippen LogP contribution in [0.1, 0.15) is 50.7 Å². The molecule has 0 bridgehead atoms. The third-order valence-corrected chi connectivity index (χ3v) is 4.28. The molecule has 3 atom stereocenters. The molecule has 0 aliphatic heterocycles. The van der Waals surface area contributed by atoms with E-state index in [4.69, 9.17) is 4.42 Å². The van der Waals surface area contributed by atoms with Crippen molar-refractivity contribution in [3.63, 3.8) is 0 Å². The summed E-state index contributed by atoms with van der Waals surface area (Å²) >= 11 is 0. The second kappa shape index (κ2) is 5.87. The number of carbonyl (C=O) groups is 1. The molecule has 2 rings (SSSR count).